The number of nitrogens with one attached hydrogen (secondary N) is 1. The van der Waals surface area contributed by atoms with E-state index in [-0.39, 0.29) is 12.0 Å². The molecule has 2 N–H and O–H groups in total. The van der Waals surface area contributed by atoms with Gasteiger partial charge in [0.1, 0.15) is 18.5 Å². The number of rotatable bonds is 7. The predicted octanol–water partition coefficient (Wildman–Crippen LogP) is 2.26. The van der Waals surface area contributed by atoms with Crippen LogP contribution in [0.1, 0.15) is 0 Å². The molecular weight excluding hydrogens is 336 g/mol. The highest BCUT2D eigenvalue weighted by molar-refractivity contribution is 7.24. The van der Waals surface area contributed by atoms with Crippen LogP contribution in [-0.4, -0.2) is 50.0 Å². The molecule has 0 fully saturated rings. The SMILES string of the molecule is CN(C)CNCC(O)COc1cccc2sc3ccccc3c(=O)c12. The second-order valence-corrected chi connectivity index (χ2v) is 7.30. The van der Waals surface area contributed by atoms with Crippen molar-refractivity contribution in [1.29, 1.82) is 0 Å². The van der Waals surface area contributed by atoms with Gasteiger partial charge in [-0.25, -0.2) is 0 Å². The fraction of sp³-hybridized carbons (Fsp3) is 0.316. The second kappa shape index (κ2) is 7.93. The van der Waals surface area contributed by atoms with E-state index in [0.717, 1.165) is 9.40 Å². The second-order valence-electron chi connectivity index (χ2n) is 6.21. The summed E-state index contributed by atoms with van der Waals surface area (Å²) in [7, 11) is 3.90. The van der Waals surface area contributed by atoms with Crippen LogP contribution in [0.3, 0.4) is 0 Å². The maximum absolute atomic E-state index is 12.8. The number of fused-ring (bicyclic) bond motifs is 2. The number of benzene rings is 2. The minimum Gasteiger partial charge on any atom is -0.490 e. The van der Waals surface area contributed by atoms with E-state index in [9.17, 15) is 9.90 Å². The van der Waals surface area contributed by atoms with Gasteiger partial charge in [-0.3, -0.25) is 9.69 Å². The van der Waals surface area contributed by atoms with Crippen molar-refractivity contribution in [1.82, 2.24) is 10.2 Å². The van der Waals surface area contributed by atoms with Crippen molar-refractivity contribution in [3.8, 4) is 5.75 Å². The highest BCUT2D eigenvalue weighted by Gasteiger charge is 2.12. The third-order valence-corrected chi connectivity index (χ3v) is 4.94. The molecule has 1 atom stereocenters. The van der Waals surface area contributed by atoms with Crippen LogP contribution in [0, 0.1) is 0 Å². The van der Waals surface area contributed by atoms with Gasteiger partial charge in [0, 0.05) is 28.0 Å². The maximum atomic E-state index is 12.8. The van der Waals surface area contributed by atoms with Crippen molar-refractivity contribution in [2.45, 2.75) is 6.10 Å². The summed E-state index contributed by atoms with van der Waals surface area (Å²) >= 11 is 1.57. The van der Waals surface area contributed by atoms with Crippen LogP contribution in [0.25, 0.3) is 20.2 Å². The Kier molecular flexibility index (Phi) is 5.65. The van der Waals surface area contributed by atoms with Crippen molar-refractivity contribution in [2.24, 2.45) is 0 Å². The number of hydrogen-bond donors (Lipinski definition) is 2. The molecule has 3 rings (SSSR count). The van der Waals surface area contributed by atoms with Gasteiger partial charge in [0.25, 0.3) is 0 Å². The van der Waals surface area contributed by atoms with Crippen LogP contribution in [0.4, 0.5) is 0 Å². The first-order chi connectivity index (χ1) is 12.1. The molecule has 0 saturated heterocycles. The smallest absolute Gasteiger partial charge is 0.199 e. The molecule has 0 aliphatic rings. The van der Waals surface area contributed by atoms with E-state index in [2.05, 4.69) is 5.32 Å². The first-order valence-electron chi connectivity index (χ1n) is 8.17. The minimum absolute atomic E-state index is 0.0276. The third-order valence-electron chi connectivity index (χ3n) is 3.81. The zero-order valence-corrected chi connectivity index (χ0v) is 15.2. The van der Waals surface area contributed by atoms with Crippen molar-refractivity contribution >= 4 is 31.5 Å². The summed E-state index contributed by atoms with van der Waals surface area (Å²) in [6.45, 7) is 1.25. The van der Waals surface area contributed by atoms with Crippen LogP contribution < -0.4 is 15.5 Å². The Bertz CT molecular complexity index is 923. The van der Waals surface area contributed by atoms with E-state index in [1.54, 1.807) is 17.4 Å². The summed E-state index contributed by atoms with van der Waals surface area (Å²) in [6, 6.07) is 13.2. The van der Waals surface area contributed by atoms with E-state index in [4.69, 9.17) is 4.74 Å². The number of aliphatic hydroxyl groups excluding tert-OH is 1. The standard InChI is InChI=1S/C19H22N2O3S/c1-21(2)12-20-10-13(22)11-24-15-7-5-9-17-18(15)19(23)14-6-3-4-8-16(14)25-17/h3-9,13,20,22H,10-12H2,1-2H3. The summed E-state index contributed by atoms with van der Waals surface area (Å²) in [4.78, 5) is 14.8. The van der Waals surface area contributed by atoms with Crippen molar-refractivity contribution in [3.05, 3.63) is 52.7 Å². The lowest BCUT2D eigenvalue weighted by Crippen LogP contribution is -2.36. The van der Waals surface area contributed by atoms with E-state index in [1.165, 1.54) is 0 Å². The van der Waals surface area contributed by atoms with Crippen molar-refractivity contribution in [2.75, 3.05) is 33.9 Å². The molecule has 2 aromatic carbocycles. The molecule has 25 heavy (non-hydrogen) atoms. The molecule has 1 heterocycles. The number of aliphatic hydroxyl groups is 1. The molecule has 6 heteroatoms. The number of ether oxygens (including phenoxy) is 1. The quantitative estimate of drug-likeness (QED) is 0.501. The normalized spacial score (nSPS) is 12.8. The summed E-state index contributed by atoms with van der Waals surface area (Å²) in [5.74, 6) is 0.524. The predicted molar refractivity (Wildman–Crippen MR) is 104 cm³/mol. The van der Waals surface area contributed by atoms with Gasteiger partial charge < -0.3 is 15.2 Å². The highest BCUT2D eigenvalue weighted by Crippen LogP contribution is 2.30. The fourth-order valence-electron chi connectivity index (χ4n) is 2.64. The first-order valence-corrected chi connectivity index (χ1v) is 8.99. The van der Waals surface area contributed by atoms with Gasteiger partial charge in [-0.2, -0.15) is 0 Å². The maximum Gasteiger partial charge on any atom is 0.199 e. The number of hydrogen-bond acceptors (Lipinski definition) is 6. The van der Waals surface area contributed by atoms with E-state index in [0.29, 0.717) is 29.7 Å². The average Bonchev–Trinajstić information content (AvgIpc) is 2.59. The van der Waals surface area contributed by atoms with Crippen LogP contribution in [0.5, 0.6) is 5.75 Å². The molecule has 0 aliphatic carbocycles. The molecule has 1 aromatic heterocycles. The van der Waals surface area contributed by atoms with Gasteiger partial charge >= 0.3 is 0 Å². The molecule has 0 aliphatic heterocycles. The van der Waals surface area contributed by atoms with E-state index < -0.39 is 6.10 Å². The van der Waals surface area contributed by atoms with Gasteiger partial charge in [-0.1, -0.05) is 18.2 Å². The van der Waals surface area contributed by atoms with Gasteiger partial charge in [-0.15, -0.1) is 11.3 Å². The van der Waals surface area contributed by atoms with Crippen LogP contribution in [0.2, 0.25) is 0 Å². The molecule has 0 amide bonds. The lowest BCUT2D eigenvalue weighted by molar-refractivity contribution is 0.104. The summed E-state index contributed by atoms with van der Waals surface area (Å²) in [5, 5.41) is 14.5. The lowest BCUT2D eigenvalue weighted by atomic mass is 10.1. The summed E-state index contributed by atoms with van der Waals surface area (Å²) in [6.07, 6.45) is -0.644. The molecular formula is C19H22N2O3S. The van der Waals surface area contributed by atoms with Gasteiger partial charge in [-0.05, 0) is 38.4 Å². The van der Waals surface area contributed by atoms with E-state index >= 15 is 0 Å². The Hall–Kier alpha value is -1.99. The van der Waals surface area contributed by atoms with E-state index in [1.807, 2.05) is 55.4 Å². The number of nitrogens with zero attached hydrogens (tertiary/aromatic N) is 1. The largest absolute Gasteiger partial charge is 0.490 e. The zero-order chi connectivity index (χ0) is 17.8. The topological polar surface area (TPSA) is 61.8 Å². The molecule has 0 saturated carbocycles. The monoisotopic (exact) mass is 358 g/mol. The molecule has 1 unspecified atom stereocenters. The molecule has 3 aromatic rings. The lowest BCUT2D eigenvalue weighted by Gasteiger charge is -2.16. The molecule has 132 valence electrons. The Morgan fingerprint density at radius 2 is 1.92 bits per heavy atom. The Labute approximate surface area is 150 Å². The van der Waals surface area contributed by atoms with Crippen molar-refractivity contribution in [3.63, 3.8) is 0 Å². The Morgan fingerprint density at radius 1 is 1.16 bits per heavy atom. The van der Waals surface area contributed by atoms with Crippen molar-refractivity contribution < 1.29 is 9.84 Å². The molecule has 0 spiro atoms. The van der Waals surface area contributed by atoms with Crippen LogP contribution in [-0.2, 0) is 0 Å². The minimum atomic E-state index is -0.644. The van der Waals surface area contributed by atoms with Crippen LogP contribution in [0.15, 0.2) is 47.3 Å². The molecule has 0 radical (unpaired) electrons. The summed E-state index contributed by atoms with van der Waals surface area (Å²) in [5.41, 5.74) is -0.0276. The Morgan fingerprint density at radius 3 is 2.72 bits per heavy atom. The first kappa shape index (κ1) is 17.8. The zero-order valence-electron chi connectivity index (χ0n) is 14.4. The third kappa shape index (κ3) is 4.16. The average molecular weight is 358 g/mol. The highest BCUT2D eigenvalue weighted by atomic mass is 32.1. The Balaban J connectivity index is 1.82. The van der Waals surface area contributed by atoms with Gasteiger partial charge in [0.05, 0.1) is 5.39 Å². The molecule has 5 nitrogen and oxygen atoms in total. The fourth-order valence-corrected chi connectivity index (χ4v) is 3.73. The van der Waals surface area contributed by atoms with Crippen LogP contribution >= 0.6 is 11.3 Å². The van der Waals surface area contributed by atoms with Gasteiger partial charge in [0.2, 0.25) is 0 Å². The van der Waals surface area contributed by atoms with Gasteiger partial charge in [0.15, 0.2) is 5.43 Å². The molecule has 0 bridgehead atoms. The summed E-state index contributed by atoms with van der Waals surface area (Å²) < 4.78 is 7.62.